The zero-order valence-electron chi connectivity index (χ0n) is 11.5. The van der Waals surface area contributed by atoms with Gasteiger partial charge in [0.15, 0.2) is 0 Å². The first-order valence-corrected chi connectivity index (χ1v) is 6.95. The molecule has 0 rings (SSSR count). The predicted molar refractivity (Wildman–Crippen MR) is 70.1 cm³/mol. The Kier molecular flexibility index (Phi) is 13.0. The van der Waals surface area contributed by atoms with Gasteiger partial charge in [-0.3, -0.25) is 0 Å². The van der Waals surface area contributed by atoms with Crippen LogP contribution in [0.4, 0.5) is 0 Å². The minimum absolute atomic E-state index is 0.0669. The molecule has 0 saturated carbocycles. The topological polar surface area (TPSA) is 35.5 Å². The first-order chi connectivity index (χ1) is 8.31. The van der Waals surface area contributed by atoms with Crippen LogP contribution in [0, 0.1) is 0 Å². The molecular weight excluding hydrogens is 216 g/mol. The first-order valence-electron chi connectivity index (χ1n) is 6.95. The quantitative estimate of drug-likeness (QED) is 0.388. The summed E-state index contributed by atoms with van der Waals surface area (Å²) in [7, 11) is 1.50. The van der Waals surface area contributed by atoms with E-state index in [2.05, 4.69) is 11.7 Å². The summed E-state index contributed by atoms with van der Waals surface area (Å²) in [5.41, 5.74) is 0. The number of esters is 1. The van der Waals surface area contributed by atoms with Gasteiger partial charge in [-0.1, -0.05) is 58.3 Å². The van der Waals surface area contributed by atoms with Gasteiger partial charge in [0.1, 0.15) is 6.61 Å². The van der Waals surface area contributed by atoms with Crippen LogP contribution in [0.1, 0.15) is 64.7 Å². The molecule has 3 heteroatoms. The van der Waals surface area contributed by atoms with Gasteiger partial charge >= 0.3 is 5.97 Å². The highest BCUT2D eigenvalue weighted by atomic mass is 16.6. The molecule has 0 aliphatic rings. The van der Waals surface area contributed by atoms with Crippen molar-refractivity contribution in [1.29, 1.82) is 0 Å². The van der Waals surface area contributed by atoms with Crippen molar-refractivity contribution in [3.63, 3.8) is 0 Å². The van der Waals surface area contributed by atoms with Crippen LogP contribution < -0.4 is 0 Å². The van der Waals surface area contributed by atoms with Gasteiger partial charge in [0.25, 0.3) is 0 Å². The van der Waals surface area contributed by atoms with Crippen molar-refractivity contribution in [2.75, 3.05) is 20.3 Å². The molecule has 0 bridgehead atoms. The molecule has 0 saturated heterocycles. The van der Waals surface area contributed by atoms with Crippen molar-refractivity contribution < 1.29 is 14.3 Å². The number of unbranched alkanes of at least 4 members (excludes halogenated alkanes) is 8. The third-order valence-electron chi connectivity index (χ3n) is 2.77. The molecule has 0 N–H and O–H groups in total. The number of methoxy groups -OCH3 is 1. The Morgan fingerprint density at radius 1 is 0.882 bits per heavy atom. The summed E-state index contributed by atoms with van der Waals surface area (Å²) in [6.07, 6.45) is 11.5. The average Bonchev–Trinajstić information content (AvgIpc) is 2.32. The van der Waals surface area contributed by atoms with E-state index in [1.54, 1.807) is 0 Å². The molecule has 102 valence electrons. The number of carbonyl (C=O) groups is 1. The van der Waals surface area contributed by atoms with E-state index in [9.17, 15) is 4.79 Å². The third-order valence-corrected chi connectivity index (χ3v) is 2.77. The van der Waals surface area contributed by atoms with Crippen molar-refractivity contribution in [1.82, 2.24) is 0 Å². The van der Waals surface area contributed by atoms with Gasteiger partial charge < -0.3 is 9.47 Å². The molecule has 0 radical (unpaired) electrons. The summed E-state index contributed by atoms with van der Waals surface area (Å²) in [4.78, 5) is 10.9. The number of hydrogen-bond donors (Lipinski definition) is 0. The van der Waals surface area contributed by atoms with Gasteiger partial charge in [0.05, 0.1) is 6.61 Å². The summed E-state index contributed by atoms with van der Waals surface area (Å²) in [5.74, 6) is -0.257. The largest absolute Gasteiger partial charge is 0.464 e. The van der Waals surface area contributed by atoms with Crippen molar-refractivity contribution >= 4 is 5.97 Å². The van der Waals surface area contributed by atoms with Crippen LogP contribution >= 0.6 is 0 Å². The standard InChI is InChI=1S/C14H28O3/c1-3-4-5-6-7-8-9-10-11-12-17-14(15)13-16-2/h3-13H2,1-2H3. The van der Waals surface area contributed by atoms with Crippen LogP contribution in [0.3, 0.4) is 0 Å². The highest BCUT2D eigenvalue weighted by Crippen LogP contribution is 2.09. The highest BCUT2D eigenvalue weighted by Gasteiger charge is 2.00. The fraction of sp³-hybridized carbons (Fsp3) is 0.929. The molecule has 17 heavy (non-hydrogen) atoms. The van der Waals surface area contributed by atoms with Crippen molar-refractivity contribution in [3.05, 3.63) is 0 Å². The van der Waals surface area contributed by atoms with E-state index in [-0.39, 0.29) is 12.6 Å². The molecule has 0 heterocycles. The summed E-state index contributed by atoms with van der Waals surface area (Å²) in [6.45, 7) is 2.85. The number of rotatable bonds is 12. The first kappa shape index (κ1) is 16.4. The Balaban J connectivity index is 3.01. The molecule has 0 aliphatic carbocycles. The number of ether oxygens (including phenoxy) is 2. The van der Waals surface area contributed by atoms with Crippen LogP contribution in [-0.2, 0) is 14.3 Å². The molecule has 0 unspecified atom stereocenters. The molecule has 0 spiro atoms. The van der Waals surface area contributed by atoms with Gasteiger partial charge in [0, 0.05) is 7.11 Å². The second-order valence-corrected chi connectivity index (χ2v) is 4.48. The van der Waals surface area contributed by atoms with Crippen LogP contribution in [0.15, 0.2) is 0 Å². The molecule has 0 amide bonds. The summed E-state index contributed by atoms with van der Waals surface area (Å²) in [5, 5.41) is 0. The minimum atomic E-state index is -0.257. The van der Waals surface area contributed by atoms with Gasteiger partial charge in [-0.15, -0.1) is 0 Å². The van der Waals surface area contributed by atoms with Gasteiger partial charge in [-0.25, -0.2) is 4.79 Å². The maximum atomic E-state index is 10.9. The normalized spacial score (nSPS) is 10.5. The zero-order chi connectivity index (χ0) is 12.8. The fourth-order valence-corrected chi connectivity index (χ4v) is 1.76. The summed E-state index contributed by atoms with van der Waals surface area (Å²) >= 11 is 0. The van der Waals surface area contributed by atoms with E-state index in [0.717, 1.165) is 12.8 Å². The van der Waals surface area contributed by atoms with E-state index in [1.807, 2.05) is 0 Å². The lowest BCUT2D eigenvalue weighted by Gasteiger charge is -2.04. The van der Waals surface area contributed by atoms with Crippen LogP contribution in [0.25, 0.3) is 0 Å². The molecule has 0 aromatic carbocycles. The van der Waals surface area contributed by atoms with Gasteiger partial charge in [0.2, 0.25) is 0 Å². The zero-order valence-corrected chi connectivity index (χ0v) is 11.5. The average molecular weight is 244 g/mol. The maximum Gasteiger partial charge on any atom is 0.332 e. The molecule has 0 aliphatic heterocycles. The van der Waals surface area contributed by atoms with E-state index >= 15 is 0 Å². The monoisotopic (exact) mass is 244 g/mol. The fourth-order valence-electron chi connectivity index (χ4n) is 1.76. The smallest absolute Gasteiger partial charge is 0.332 e. The lowest BCUT2D eigenvalue weighted by Crippen LogP contribution is -2.11. The Morgan fingerprint density at radius 3 is 1.94 bits per heavy atom. The van der Waals surface area contributed by atoms with E-state index < -0.39 is 0 Å². The third kappa shape index (κ3) is 13.4. The van der Waals surface area contributed by atoms with E-state index in [1.165, 1.54) is 52.1 Å². The molecular formula is C14H28O3. The summed E-state index contributed by atoms with van der Waals surface area (Å²) in [6, 6.07) is 0. The molecule has 0 atom stereocenters. The lowest BCUT2D eigenvalue weighted by molar-refractivity contribution is -0.148. The van der Waals surface area contributed by atoms with Gasteiger partial charge in [-0.05, 0) is 6.42 Å². The van der Waals surface area contributed by atoms with E-state index in [4.69, 9.17) is 4.74 Å². The van der Waals surface area contributed by atoms with Crippen molar-refractivity contribution in [2.24, 2.45) is 0 Å². The van der Waals surface area contributed by atoms with Crippen LogP contribution in [0.2, 0.25) is 0 Å². The Bertz CT molecular complexity index is 169. The number of hydrogen-bond acceptors (Lipinski definition) is 3. The highest BCUT2D eigenvalue weighted by molar-refractivity contribution is 5.70. The Labute approximate surface area is 106 Å². The maximum absolute atomic E-state index is 10.9. The van der Waals surface area contributed by atoms with Gasteiger partial charge in [-0.2, -0.15) is 0 Å². The van der Waals surface area contributed by atoms with E-state index in [0.29, 0.717) is 6.61 Å². The minimum Gasteiger partial charge on any atom is -0.464 e. The van der Waals surface area contributed by atoms with Crippen LogP contribution in [-0.4, -0.2) is 26.3 Å². The van der Waals surface area contributed by atoms with Crippen LogP contribution in [0.5, 0.6) is 0 Å². The summed E-state index contributed by atoms with van der Waals surface area (Å²) < 4.78 is 9.65. The Morgan fingerprint density at radius 2 is 1.41 bits per heavy atom. The lowest BCUT2D eigenvalue weighted by atomic mass is 10.1. The second kappa shape index (κ2) is 13.5. The SMILES string of the molecule is CCCCCCCCCCCOC(=O)COC. The molecule has 0 aromatic heterocycles. The Hall–Kier alpha value is -0.570. The van der Waals surface area contributed by atoms with Crippen molar-refractivity contribution in [2.45, 2.75) is 64.7 Å². The van der Waals surface area contributed by atoms with Crippen molar-refractivity contribution in [3.8, 4) is 0 Å². The second-order valence-electron chi connectivity index (χ2n) is 4.48. The predicted octanol–water partition coefficient (Wildman–Crippen LogP) is 3.71. The molecule has 3 nitrogen and oxygen atoms in total. The molecule has 0 fully saturated rings. The molecule has 0 aromatic rings. The number of carbonyl (C=O) groups excluding carboxylic acids is 1.